The van der Waals surface area contributed by atoms with Gasteiger partial charge in [0.2, 0.25) is 5.95 Å². The quantitative estimate of drug-likeness (QED) is 0.551. The molecule has 0 radical (unpaired) electrons. The molecule has 2 heterocycles. The van der Waals surface area contributed by atoms with E-state index in [1.54, 1.807) is 36.2 Å². The summed E-state index contributed by atoms with van der Waals surface area (Å²) in [5.41, 5.74) is 13.0. The summed E-state index contributed by atoms with van der Waals surface area (Å²) in [4.78, 5) is 39.3. The zero-order valence-corrected chi connectivity index (χ0v) is 18.9. The van der Waals surface area contributed by atoms with Gasteiger partial charge in [0.15, 0.2) is 0 Å². The summed E-state index contributed by atoms with van der Waals surface area (Å²) in [7, 11) is 5.70. The van der Waals surface area contributed by atoms with E-state index in [1.807, 2.05) is 23.9 Å². The number of primary amides is 1. The van der Waals surface area contributed by atoms with Gasteiger partial charge in [-0.05, 0) is 45.1 Å². The smallest absolute Gasteiger partial charge is 0.254 e. The van der Waals surface area contributed by atoms with Crippen LogP contribution in [0.1, 0.15) is 33.6 Å². The van der Waals surface area contributed by atoms with Gasteiger partial charge in [-0.15, -0.1) is 0 Å². The third kappa shape index (κ3) is 5.92. The molecule has 1 aliphatic heterocycles. The number of hydrogen-bond donors (Lipinski definition) is 3. The van der Waals surface area contributed by atoms with Crippen molar-refractivity contribution in [3.8, 4) is 0 Å². The van der Waals surface area contributed by atoms with Gasteiger partial charge in [-0.3, -0.25) is 9.59 Å². The van der Waals surface area contributed by atoms with Crippen LogP contribution >= 0.6 is 0 Å². The van der Waals surface area contributed by atoms with Crippen LogP contribution < -0.4 is 21.7 Å². The van der Waals surface area contributed by atoms with E-state index in [0.29, 0.717) is 36.1 Å². The second-order valence-electron chi connectivity index (χ2n) is 8.38. The minimum atomic E-state index is -0.634. The van der Waals surface area contributed by atoms with Crippen molar-refractivity contribution in [3.63, 3.8) is 0 Å². The highest BCUT2D eigenvalue weighted by atomic mass is 16.2. The Kier molecular flexibility index (Phi) is 7.60. The number of carbonyl (C=O) groups is 2. The average Bonchev–Trinajstić information content (AvgIpc) is 2.77. The Morgan fingerprint density at radius 2 is 2.03 bits per heavy atom. The van der Waals surface area contributed by atoms with Crippen LogP contribution in [-0.2, 0) is 0 Å². The number of nitrogens with two attached hydrogens (primary N) is 2. The summed E-state index contributed by atoms with van der Waals surface area (Å²) in [5.74, 6) is 0.0665. The lowest BCUT2D eigenvalue weighted by Gasteiger charge is -2.31. The van der Waals surface area contributed by atoms with E-state index in [9.17, 15) is 9.59 Å². The molecule has 0 aliphatic carbocycles. The molecule has 1 atom stereocenters. The van der Waals surface area contributed by atoms with Gasteiger partial charge in [-0.25, -0.2) is 4.98 Å². The highest BCUT2D eigenvalue weighted by Crippen LogP contribution is 2.23. The summed E-state index contributed by atoms with van der Waals surface area (Å²) in [6.07, 6.45) is 3.35. The maximum absolute atomic E-state index is 12.8. The van der Waals surface area contributed by atoms with Crippen molar-refractivity contribution in [2.24, 2.45) is 11.5 Å². The maximum atomic E-state index is 12.8. The van der Waals surface area contributed by atoms with Crippen LogP contribution in [0.5, 0.6) is 0 Å². The number of anilines is 3. The topological polar surface area (TPSA) is 134 Å². The van der Waals surface area contributed by atoms with Crippen molar-refractivity contribution in [2.45, 2.75) is 18.9 Å². The molecule has 2 amide bonds. The summed E-state index contributed by atoms with van der Waals surface area (Å²) >= 11 is 0. The number of nitrogens with zero attached hydrogens (tertiary/aromatic N) is 5. The van der Waals surface area contributed by atoms with E-state index in [1.165, 1.54) is 6.20 Å². The van der Waals surface area contributed by atoms with E-state index in [2.05, 4.69) is 15.3 Å². The van der Waals surface area contributed by atoms with Gasteiger partial charge in [0.05, 0.1) is 0 Å². The Morgan fingerprint density at radius 1 is 1.25 bits per heavy atom. The van der Waals surface area contributed by atoms with Crippen LogP contribution in [0.2, 0.25) is 0 Å². The van der Waals surface area contributed by atoms with Gasteiger partial charge in [-0.2, -0.15) is 4.98 Å². The minimum Gasteiger partial charge on any atom is -0.365 e. The Labute approximate surface area is 188 Å². The first-order valence-electron chi connectivity index (χ1n) is 10.7. The molecule has 1 unspecified atom stereocenters. The van der Waals surface area contributed by atoms with Crippen molar-refractivity contribution in [1.82, 2.24) is 19.8 Å². The molecule has 1 aromatic heterocycles. The number of carbonyl (C=O) groups excluding carboxylic acids is 2. The molecule has 32 heavy (non-hydrogen) atoms. The molecule has 3 rings (SSSR count). The SMILES string of the molecule is CN(C)CCN(C)C(=O)c1cccc(Nc2nc(N3CCCC(N)C3)ncc2C(N)=O)c1. The van der Waals surface area contributed by atoms with Crippen molar-refractivity contribution in [1.29, 1.82) is 0 Å². The van der Waals surface area contributed by atoms with Crippen molar-refractivity contribution < 1.29 is 9.59 Å². The van der Waals surface area contributed by atoms with Gasteiger partial charge >= 0.3 is 0 Å². The summed E-state index contributed by atoms with van der Waals surface area (Å²) in [5, 5.41) is 3.14. The molecule has 0 spiro atoms. The molecular weight excluding hydrogens is 408 g/mol. The summed E-state index contributed by atoms with van der Waals surface area (Å²) in [6.45, 7) is 2.83. The number of rotatable bonds is 8. The first kappa shape index (κ1) is 23.4. The minimum absolute atomic E-state index is 0.0618. The zero-order valence-electron chi connectivity index (χ0n) is 18.9. The molecule has 172 valence electrons. The summed E-state index contributed by atoms with van der Waals surface area (Å²) < 4.78 is 0. The third-order valence-electron chi connectivity index (χ3n) is 5.38. The van der Waals surface area contributed by atoms with Crippen LogP contribution in [0.25, 0.3) is 0 Å². The van der Waals surface area contributed by atoms with Gasteiger partial charge < -0.3 is 31.5 Å². The van der Waals surface area contributed by atoms with E-state index < -0.39 is 5.91 Å². The van der Waals surface area contributed by atoms with Crippen molar-refractivity contribution in [3.05, 3.63) is 41.6 Å². The number of aromatic nitrogens is 2. The highest BCUT2D eigenvalue weighted by molar-refractivity contribution is 5.98. The number of nitrogens with one attached hydrogen (secondary N) is 1. The largest absolute Gasteiger partial charge is 0.365 e. The van der Waals surface area contributed by atoms with E-state index >= 15 is 0 Å². The Bertz CT molecular complexity index is 965. The molecule has 10 heteroatoms. The van der Waals surface area contributed by atoms with Crippen LogP contribution in [-0.4, -0.2) is 84.9 Å². The van der Waals surface area contributed by atoms with E-state index in [0.717, 1.165) is 25.9 Å². The van der Waals surface area contributed by atoms with Crippen LogP contribution in [0.3, 0.4) is 0 Å². The molecule has 1 saturated heterocycles. The first-order valence-corrected chi connectivity index (χ1v) is 10.7. The lowest BCUT2D eigenvalue weighted by Crippen LogP contribution is -2.43. The van der Waals surface area contributed by atoms with Gasteiger partial charge in [-0.1, -0.05) is 6.07 Å². The average molecular weight is 441 g/mol. The Morgan fingerprint density at radius 3 is 2.72 bits per heavy atom. The summed E-state index contributed by atoms with van der Waals surface area (Å²) in [6, 6.07) is 7.14. The molecule has 1 aromatic carbocycles. The van der Waals surface area contributed by atoms with E-state index in [-0.39, 0.29) is 17.5 Å². The highest BCUT2D eigenvalue weighted by Gasteiger charge is 2.21. The number of likely N-dealkylation sites (N-methyl/N-ethyl adjacent to an activating group) is 2. The first-order chi connectivity index (χ1) is 15.2. The third-order valence-corrected chi connectivity index (χ3v) is 5.38. The van der Waals surface area contributed by atoms with Crippen molar-refractivity contribution >= 4 is 29.3 Å². The standard InChI is InChI=1S/C22H32N8O2/c1-28(2)10-11-29(3)21(32)15-6-4-8-17(12-15)26-20-18(19(24)31)13-25-22(27-20)30-9-5-7-16(23)14-30/h4,6,8,12-13,16H,5,7,9-11,14,23H2,1-3H3,(H2,24,31)(H,25,26,27). The Balaban J connectivity index is 1.82. The predicted molar refractivity (Wildman–Crippen MR) is 125 cm³/mol. The van der Waals surface area contributed by atoms with Crippen LogP contribution in [0.4, 0.5) is 17.5 Å². The molecule has 5 N–H and O–H groups in total. The zero-order chi connectivity index (χ0) is 23.3. The second kappa shape index (κ2) is 10.4. The Hall–Kier alpha value is -3.24. The van der Waals surface area contributed by atoms with Gasteiger partial charge in [0, 0.05) is 56.7 Å². The van der Waals surface area contributed by atoms with Gasteiger partial charge in [0.1, 0.15) is 11.4 Å². The van der Waals surface area contributed by atoms with Crippen LogP contribution in [0, 0.1) is 0 Å². The van der Waals surface area contributed by atoms with E-state index in [4.69, 9.17) is 11.5 Å². The molecule has 1 aliphatic rings. The fourth-order valence-electron chi connectivity index (χ4n) is 3.53. The molecular formula is C22H32N8O2. The molecule has 0 saturated carbocycles. The number of amides is 2. The fraction of sp³-hybridized carbons (Fsp3) is 0.455. The molecule has 1 fully saturated rings. The molecule has 10 nitrogen and oxygen atoms in total. The monoisotopic (exact) mass is 440 g/mol. The van der Waals surface area contributed by atoms with Gasteiger partial charge in [0.25, 0.3) is 11.8 Å². The lowest BCUT2D eigenvalue weighted by molar-refractivity contribution is 0.0786. The number of hydrogen-bond acceptors (Lipinski definition) is 8. The van der Waals surface area contributed by atoms with Crippen LogP contribution in [0.15, 0.2) is 30.5 Å². The van der Waals surface area contributed by atoms with Crippen molar-refractivity contribution in [2.75, 3.05) is 57.5 Å². The normalized spacial score (nSPS) is 16.2. The fourth-order valence-corrected chi connectivity index (χ4v) is 3.53. The maximum Gasteiger partial charge on any atom is 0.254 e. The molecule has 2 aromatic rings. The molecule has 0 bridgehead atoms. The lowest BCUT2D eigenvalue weighted by atomic mass is 10.1. The predicted octanol–water partition coefficient (Wildman–Crippen LogP) is 0.880. The number of piperidine rings is 1. The second-order valence-corrected chi connectivity index (χ2v) is 8.38. The number of benzene rings is 1.